The maximum absolute atomic E-state index is 13.1. The number of benzene rings is 1. The van der Waals surface area contributed by atoms with E-state index < -0.39 is 15.8 Å². The number of halogens is 1. The lowest BCUT2D eigenvalue weighted by Gasteiger charge is -2.35. The molecule has 1 N–H and O–H groups in total. The summed E-state index contributed by atoms with van der Waals surface area (Å²) in [5, 5.41) is 0. The average molecular weight is 328 g/mol. The smallest absolute Gasteiger partial charge is 0.240 e. The summed E-state index contributed by atoms with van der Waals surface area (Å²) in [6.45, 7) is 8.27. The van der Waals surface area contributed by atoms with Crippen molar-refractivity contribution in [3.8, 4) is 0 Å². The van der Waals surface area contributed by atoms with Crippen LogP contribution in [0.3, 0.4) is 0 Å². The van der Waals surface area contributed by atoms with Gasteiger partial charge < -0.3 is 0 Å². The molecule has 4 nitrogen and oxygen atoms in total. The predicted octanol–water partition coefficient (Wildman–Crippen LogP) is 2.53. The van der Waals surface area contributed by atoms with Crippen LogP contribution >= 0.6 is 0 Å². The van der Waals surface area contributed by atoms with E-state index in [9.17, 15) is 12.8 Å². The fourth-order valence-electron chi connectivity index (χ4n) is 2.98. The Morgan fingerprint density at radius 1 is 1.45 bits per heavy atom. The lowest BCUT2D eigenvalue weighted by molar-refractivity contribution is 0.140. The maximum Gasteiger partial charge on any atom is 0.240 e. The van der Waals surface area contributed by atoms with Crippen LogP contribution in [0.25, 0.3) is 0 Å². The molecule has 0 aromatic heterocycles. The van der Waals surface area contributed by atoms with E-state index in [4.69, 9.17) is 0 Å². The van der Waals surface area contributed by atoms with Crippen molar-refractivity contribution in [2.45, 2.75) is 44.6 Å². The molecule has 6 heteroatoms. The van der Waals surface area contributed by atoms with Crippen LogP contribution in [0.5, 0.6) is 0 Å². The van der Waals surface area contributed by atoms with Crippen molar-refractivity contribution in [1.29, 1.82) is 0 Å². The Kier molecular flexibility index (Phi) is 5.58. The van der Waals surface area contributed by atoms with Crippen molar-refractivity contribution in [2.24, 2.45) is 5.92 Å². The largest absolute Gasteiger partial charge is 0.299 e. The van der Waals surface area contributed by atoms with Gasteiger partial charge >= 0.3 is 0 Å². The molecule has 0 saturated carbocycles. The second kappa shape index (κ2) is 7.06. The molecule has 0 aliphatic carbocycles. The molecule has 2 atom stereocenters. The van der Waals surface area contributed by atoms with Crippen molar-refractivity contribution < 1.29 is 12.8 Å². The summed E-state index contributed by atoms with van der Waals surface area (Å²) in [5.41, 5.74) is 0.423. The topological polar surface area (TPSA) is 49.4 Å². The van der Waals surface area contributed by atoms with Crippen LogP contribution in [-0.4, -0.2) is 39.0 Å². The van der Waals surface area contributed by atoms with Gasteiger partial charge in [0.2, 0.25) is 10.0 Å². The van der Waals surface area contributed by atoms with Crippen molar-refractivity contribution in [3.05, 3.63) is 29.6 Å². The first-order valence-electron chi connectivity index (χ1n) is 7.79. The summed E-state index contributed by atoms with van der Waals surface area (Å²) < 4.78 is 40.5. The lowest BCUT2D eigenvalue weighted by atomic mass is 9.99. The van der Waals surface area contributed by atoms with Crippen molar-refractivity contribution in [2.75, 3.05) is 19.6 Å². The molecule has 1 aliphatic heterocycles. The van der Waals surface area contributed by atoms with Crippen LogP contribution in [0.1, 0.15) is 32.3 Å². The Morgan fingerprint density at radius 3 is 2.82 bits per heavy atom. The third-order valence-electron chi connectivity index (χ3n) is 4.31. The molecule has 1 heterocycles. The average Bonchev–Trinajstić information content (AvgIpc) is 2.44. The highest BCUT2D eigenvalue weighted by Gasteiger charge is 2.23. The van der Waals surface area contributed by atoms with Crippen molar-refractivity contribution in [1.82, 2.24) is 9.62 Å². The standard InChI is InChI=1S/C16H25FN2O2S/c1-12-5-4-8-19(11-12)14(3)10-18-22(20,21)16-7-6-15(17)9-13(16)2/h6-7,9,12,14,18H,4-5,8,10-11H2,1-3H3/t12-,14+/m1/s1. The summed E-state index contributed by atoms with van der Waals surface area (Å²) in [6, 6.07) is 3.89. The van der Waals surface area contributed by atoms with Crippen LogP contribution in [0.4, 0.5) is 4.39 Å². The first kappa shape index (κ1) is 17.4. The second-order valence-corrected chi connectivity index (χ2v) is 8.09. The van der Waals surface area contributed by atoms with E-state index in [1.54, 1.807) is 6.92 Å². The highest BCUT2D eigenvalue weighted by atomic mass is 32.2. The highest BCUT2D eigenvalue weighted by molar-refractivity contribution is 7.89. The first-order valence-corrected chi connectivity index (χ1v) is 9.28. The summed E-state index contributed by atoms with van der Waals surface area (Å²) in [4.78, 5) is 2.47. The van der Waals surface area contributed by atoms with E-state index in [1.165, 1.54) is 24.6 Å². The van der Waals surface area contributed by atoms with Crippen molar-refractivity contribution >= 4 is 10.0 Å². The van der Waals surface area contributed by atoms with Crippen LogP contribution in [-0.2, 0) is 10.0 Å². The molecule has 1 aromatic rings. The number of likely N-dealkylation sites (tertiary alicyclic amines) is 1. The Hall–Kier alpha value is -0.980. The summed E-state index contributed by atoms with van der Waals surface area (Å²) >= 11 is 0. The van der Waals surface area contributed by atoms with E-state index in [0.29, 0.717) is 18.0 Å². The minimum atomic E-state index is -3.60. The fourth-order valence-corrected chi connectivity index (χ4v) is 4.32. The Bertz CT molecular complexity index is 619. The zero-order valence-electron chi connectivity index (χ0n) is 13.5. The van der Waals surface area contributed by atoms with Crippen LogP contribution in [0, 0.1) is 18.7 Å². The summed E-state index contributed by atoms with van der Waals surface area (Å²) in [5.74, 6) is 0.235. The minimum absolute atomic E-state index is 0.146. The van der Waals surface area contributed by atoms with E-state index in [2.05, 4.69) is 16.5 Å². The molecule has 124 valence electrons. The third kappa shape index (κ3) is 4.27. The van der Waals surface area contributed by atoms with Gasteiger partial charge in [-0.05, 0) is 62.9 Å². The van der Waals surface area contributed by atoms with E-state index >= 15 is 0 Å². The Morgan fingerprint density at radius 2 is 2.18 bits per heavy atom. The van der Waals surface area contributed by atoms with Crippen molar-refractivity contribution in [3.63, 3.8) is 0 Å². The molecule has 2 rings (SSSR count). The van der Waals surface area contributed by atoms with Crippen LogP contribution in [0.15, 0.2) is 23.1 Å². The van der Waals surface area contributed by atoms with Gasteiger partial charge in [0.25, 0.3) is 0 Å². The molecule has 0 spiro atoms. The number of aryl methyl sites for hydroxylation is 1. The molecule has 22 heavy (non-hydrogen) atoms. The SMILES string of the molecule is Cc1cc(F)ccc1S(=O)(=O)NC[C@H](C)N1CCC[C@@H](C)C1. The number of hydrogen-bond donors (Lipinski definition) is 1. The van der Waals surface area contributed by atoms with Gasteiger partial charge in [0, 0.05) is 19.1 Å². The molecular formula is C16H25FN2O2S. The number of nitrogens with zero attached hydrogens (tertiary/aromatic N) is 1. The zero-order chi connectivity index (χ0) is 16.3. The molecule has 1 aliphatic rings. The van der Waals surface area contributed by atoms with Gasteiger partial charge in [-0.3, -0.25) is 4.90 Å². The zero-order valence-corrected chi connectivity index (χ0v) is 14.3. The normalized spacial score (nSPS) is 21.7. The monoisotopic (exact) mass is 328 g/mol. The van der Waals surface area contributed by atoms with Gasteiger partial charge in [-0.25, -0.2) is 17.5 Å². The molecule has 0 amide bonds. The fraction of sp³-hybridized carbons (Fsp3) is 0.625. The second-order valence-electron chi connectivity index (χ2n) is 6.35. The molecule has 0 bridgehead atoms. The Balaban J connectivity index is 2.00. The number of piperidine rings is 1. The van der Waals surface area contributed by atoms with Gasteiger partial charge in [0.05, 0.1) is 4.90 Å². The molecule has 0 unspecified atom stereocenters. The third-order valence-corrected chi connectivity index (χ3v) is 5.89. The quantitative estimate of drug-likeness (QED) is 0.903. The molecule has 1 aromatic carbocycles. The Labute approximate surface area is 132 Å². The van der Waals surface area contributed by atoms with Gasteiger partial charge in [0.1, 0.15) is 5.82 Å². The molecule has 1 fully saturated rings. The van der Waals surface area contributed by atoms with Crippen LogP contribution < -0.4 is 4.72 Å². The molecule has 1 saturated heterocycles. The van der Waals surface area contributed by atoms with Gasteiger partial charge in [0.15, 0.2) is 0 Å². The van der Waals surface area contributed by atoms with E-state index in [1.807, 2.05) is 6.92 Å². The minimum Gasteiger partial charge on any atom is -0.299 e. The summed E-state index contributed by atoms with van der Waals surface area (Å²) in [6.07, 6.45) is 2.40. The number of hydrogen-bond acceptors (Lipinski definition) is 3. The number of sulfonamides is 1. The molecular weight excluding hydrogens is 303 g/mol. The molecule has 0 radical (unpaired) electrons. The van der Waals surface area contributed by atoms with Crippen LogP contribution in [0.2, 0.25) is 0 Å². The maximum atomic E-state index is 13.1. The van der Waals surface area contributed by atoms with E-state index in [0.717, 1.165) is 19.5 Å². The number of rotatable bonds is 5. The van der Waals surface area contributed by atoms with Gasteiger partial charge in [-0.1, -0.05) is 6.92 Å². The van der Waals surface area contributed by atoms with Gasteiger partial charge in [-0.15, -0.1) is 0 Å². The summed E-state index contributed by atoms with van der Waals surface area (Å²) in [7, 11) is -3.60. The number of nitrogens with one attached hydrogen (secondary N) is 1. The lowest BCUT2D eigenvalue weighted by Crippen LogP contribution is -2.46. The van der Waals surface area contributed by atoms with E-state index in [-0.39, 0.29) is 10.9 Å². The van der Waals surface area contributed by atoms with Gasteiger partial charge in [-0.2, -0.15) is 0 Å². The predicted molar refractivity (Wildman–Crippen MR) is 85.8 cm³/mol. The highest BCUT2D eigenvalue weighted by Crippen LogP contribution is 2.19. The first-order chi connectivity index (χ1) is 10.3.